The fourth-order valence-corrected chi connectivity index (χ4v) is 2.28. The Kier molecular flexibility index (Phi) is 5.97. The molecular formula is C18H22N2O3. The molecule has 2 aromatic rings. The number of amides is 1. The molecule has 1 aromatic carbocycles. The van der Waals surface area contributed by atoms with Crippen LogP contribution >= 0.6 is 0 Å². The van der Waals surface area contributed by atoms with Crippen LogP contribution in [0.4, 0.5) is 5.69 Å². The zero-order chi connectivity index (χ0) is 16.7. The van der Waals surface area contributed by atoms with Crippen LogP contribution in [-0.2, 0) is 11.2 Å². The molecule has 1 heterocycles. The number of aryl methyl sites for hydroxylation is 2. The summed E-state index contributed by atoms with van der Waals surface area (Å²) < 4.78 is 10.6. The molecule has 0 saturated heterocycles. The number of rotatable bonds is 7. The van der Waals surface area contributed by atoms with Crippen LogP contribution in [0.25, 0.3) is 0 Å². The minimum absolute atomic E-state index is 0.0162. The van der Waals surface area contributed by atoms with Gasteiger partial charge in [0.1, 0.15) is 11.5 Å². The Morgan fingerprint density at radius 2 is 2.00 bits per heavy atom. The van der Waals surface area contributed by atoms with Crippen LogP contribution in [0.1, 0.15) is 24.1 Å². The molecule has 1 amide bonds. The number of aromatic nitrogens is 1. The van der Waals surface area contributed by atoms with Crippen molar-refractivity contribution in [1.82, 2.24) is 4.98 Å². The molecule has 0 radical (unpaired) electrons. The largest absolute Gasteiger partial charge is 0.497 e. The number of hydrogen-bond acceptors (Lipinski definition) is 4. The van der Waals surface area contributed by atoms with Gasteiger partial charge in [0.2, 0.25) is 5.91 Å². The number of nitrogens with one attached hydrogen (secondary N) is 1. The molecule has 0 aliphatic rings. The monoisotopic (exact) mass is 314 g/mol. The number of ether oxygens (including phenoxy) is 2. The number of anilines is 1. The lowest BCUT2D eigenvalue weighted by Gasteiger charge is -2.10. The summed E-state index contributed by atoms with van der Waals surface area (Å²) in [7, 11) is 3.27. The van der Waals surface area contributed by atoms with Crippen molar-refractivity contribution in [1.29, 1.82) is 0 Å². The van der Waals surface area contributed by atoms with Crippen molar-refractivity contribution < 1.29 is 14.3 Å². The Balaban J connectivity index is 1.86. The van der Waals surface area contributed by atoms with Gasteiger partial charge in [-0.25, -0.2) is 0 Å². The number of pyridine rings is 1. The van der Waals surface area contributed by atoms with Crippen molar-refractivity contribution >= 4 is 11.6 Å². The van der Waals surface area contributed by atoms with Crippen LogP contribution in [0.2, 0.25) is 0 Å². The highest BCUT2D eigenvalue weighted by atomic mass is 16.5. The van der Waals surface area contributed by atoms with E-state index in [1.54, 1.807) is 20.4 Å². The molecule has 23 heavy (non-hydrogen) atoms. The maximum atomic E-state index is 12.0. The predicted molar refractivity (Wildman–Crippen MR) is 90.1 cm³/mol. The highest BCUT2D eigenvalue weighted by Gasteiger charge is 2.07. The first-order valence-electron chi connectivity index (χ1n) is 7.56. The third-order valence-electron chi connectivity index (χ3n) is 3.53. The van der Waals surface area contributed by atoms with Crippen molar-refractivity contribution in [2.75, 3.05) is 19.5 Å². The minimum atomic E-state index is -0.0162. The lowest BCUT2D eigenvalue weighted by molar-refractivity contribution is -0.116. The molecule has 0 aliphatic heterocycles. The van der Waals surface area contributed by atoms with E-state index in [9.17, 15) is 4.79 Å². The van der Waals surface area contributed by atoms with Crippen molar-refractivity contribution in [2.45, 2.75) is 26.2 Å². The second kappa shape index (κ2) is 8.17. The standard InChI is InChI=1S/C18H22N2O3/c1-13-7-8-15(12-19-13)20-18(21)6-4-5-14-11-16(22-2)9-10-17(14)23-3/h7-12H,4-6H2,1-3H3,(H,20,21). The maximum absolute atomic E-state index is 12.0. The average molecular weight is 314 g/mol. The SMILES string of the molecule is COc1ccc(OC)c(CCCC(=O)Nc2ccc(C)nc2)c1. The van der Waals surface area contributed by atoms with E-state index in [0.717, 1.165) is 41.3 Å². The van der Waals surface area contributed by atoms with Gasteiger partial charge < -0.3 is 14.8 Å². The molecule has 5 nitrogen and oxygen atoms in total. The predicted octanol–water partition coefficient (Wildman–Crippen LogP) is 3.37. The van der Waals surface area contributed by atoms with E-state index in [0.29, 0.717) is 6.42 Å². The summed E-state index contributed by atoms with van der Waals surface area (Å²) in [4.78, 5) is 16.1. The summed E-state index contributed by atoms with van der Waals surface area (Å²) in [5, 5.41) is 2.85. The Bertz CT molecular complexity index is 654. The fraction of sp³-hybridized carbons (Fsp3) is 0.333. The second-order valence-electron chi connectivity index (χ2n) is 5.27. The van der Waals surface area contributed by atoms with E-state index < -0.39 is 0 Å². The number of carbonyl (C=O) groups excluding carboxylic acids is 1. The Hall–Kier alpha value is -2.56. The Labute approximate surface area is 136 Å². The summed E-state index contributed by atoms with van der Waals surface area (Å²) >= 11 is 0. The number of carbonyl (C=O) groups is 1. The molecule has 1 aromatic heterocycles. The molecule has 0 unspecified atom stereocenters. The first-order chi connectivity index (χ1) is 11.1. The molecule has 0 saturated carbocycles. The summed E-state index contributed by atoms with van der Waals surface area (Å²) in [6.45, 7) is 1.91. The third kappa shape index (κ3) is 4.98. The van der Waals surface area contributed by atoms with E-state index in [1.807, 2.05) is 37.3 Å². The molecule has 0 bridgehead atoms. The molecule has 0 spiro atoms. The molecule has 1 N–H and O–H groups in total. The van der Waals surface area contributed by atoms with Gasteiger partial charge in [-0.2, -0.15) is 0 Å². The fourth-order valence-electron chi connectivity index (χ4n) is 2.28. The lowest BCUT2D eigenvalue weighted by atomic mass is 10.1. The van der Waals surface area contributed by atoms with Crippen molar-refractivity contribution in [2.24, 2.45) is 0 Å². The van der Waals surface area contributed by atoms with E-state index in [1.165, 1.54) is 0 Å². The Morgan fingerprint density at radius 1 is 1.17 bits per heavy atom. The van der Waals surface area contributed by atoms with Crippen LogP contribution in [0.3, 0.4) is 0 Å². The summed E-state index contributed by atoms with van der Waals surface area (Å²) in [5.74, 6) is 1.59. The topological polar surface area (TPSA) is 60.5 Å². The van der Waals surface area contributed by atoms with Gasteiger partial charge in [-0.1, -0.05) is 0 Å². The second-order valence-corrected chi connectivity index (χ2v) is 5.27. The van der Waals surface area contributed by atoms with Gasteiger partial charge >= 0.3 is 0 Å². The average Bonchev–Trinajstić information content (AvgIpc) is 2.57. The van der Waals surface area contributed by atoms with Gasteiger partial charge in [0, 0.05) is 12.1 Å². The quantitative estimate of drug-likeness (QED) is 0.851. The zero-order valence-corrected chi connectivity index (χ0v) is 13.8. The third-order valence-corrected chi connectivity index (χ3v) is 3.53. The van der Waals surface area contributed by atoms with Crippen LogP contribution in [0.15, 0.2) is 36.5 Å². The highest BCUT2D eigenvalue weighted by Crippen LogP contribution is 2.25. The summed E-state index contributed by atoms with van der Waals surface area (Å²) in [5.41, 5.74) is 2.68. The van der Waals surface area contributed by atoms with Gasteiger partial charge in [0.15, 0.2) is 0 Å². The summed E-state index contributed by atoms with van der Waals surface area (Å²) in [6, 6.07) is 9.41. The van der Waals surface area contributed by atoms with E-state index >= 15 is 0 Å². The van der Waals surface area contributed by atoms with Gasteiger partial charge in [-0.15, -0.1) is 0 Å². The lowest BCUT2D eigenvalue weighted by Crippen LogP contribution is -2.11. The normalized spacial score (nSPS) is 10.2. The van der Waals surface area contributed by atoms with Gasteiger partial charge in [0.25, 0.3) is 0 Å². The molecule has 5 heteroatoms. The first-order valence-corrected chi connectivity index (χ1v) is 7.56. The minimum Gasteiger partial charge on any atom is -0.497 e. The number of benzene rings is 1. The molecule has 122 valence electrons. The smallest absolute Gasteiger partial charge is 0.224 e. The van der Waals surface area contributed by atoms with Crippen LogP contribution in [0.5, 0.6) is 11.5 Å². The maximum Gasteiger partial charge on any atom is 0.224 e. The molecule has 0 atom stereocenters. The van der Waals surface area contributed by atoms with Gasteiger partial charge in [-0.05, 0) is 55.7 Å². The first kappa shape index (κ1) is 16.8. The Morgan fingerprint density at radius 3 is 2.65 bits per heavy atom. The number of nitrogens with zero attached hydrogens (tertiary/aromatic N) is 1. The van der Waals surface area contributed by atoms with E-state index in [2.05, 4.69) is 10.3 Å². The zero-order valence-electron chi connectivity index (χ0n) is 13.8. The van der Waals surface area contributed by atoms with Crippen molar-refractivity contribution in [3.05, 3.63) is 47.8 Å². The van der Waals surface area contributed by atoms with Crippen molar-refractivity contribution in [3.63, 3.8) is 0 Å². The van der Waals surface area contributed by atoms with Crippen LogP contribution in [-0.4, -0.2) is 25.1 Å². The van der Waals surface area contributed by atoms with E-state index in [-0.39, 0.29) is 5.91 Å². The molecular weight excluding hydrogens is 292 g/mol. The van der Waals surface area contributed by atoms with Crippen LogP contribution < -0.4 is 14.8 Å². The molecule has 2 rings (SSSR count). The van der Waals surface area contributed by atoms with Gasteiger partial charge in [-0.3, -0.25) is 9.78 Å². The van der Waals surface area contributed by atoms with Crippen LogP contribution in [0, 0.1) is 6.92 Å². The highest BCUT2D eigenvalue weighted by molar-refractivity contribution is 5.90. The number of hydrogen-bond donors (Lipinski definition) is 1. The van der Waals surface area contributed by atoms with Gasteiger partial charge in [0.05, 0.1) is 26.1 Å². The van der Waals surface area contributed by atoms with E-state index in [4.69, 9.17) is 9.47 Å². The summed E-state index contributed by atoms with van der Waals surface area (Å²) in [6.07, 6.45) is 3.58. The number of methoxy groups -OCH3 is 2. The van der Waals surface area contributed by atoms with Crippen molar-refractivity contribution in [3.8, 4) is 11.5 Å². The molecule has 0 aliphatic carbocycles. The molecule has 0 fully saturated rings.